The van der Waals surface area contributed by atoms with Crippen molar-refractivity contribution in [2.24, 2.45) is 0 Å². The molecule has 0 spiro atoms. The minimum Gasteiger partial charge on any atom is -0.392 e. The molecule has 1 heterocycles. The van der Waals surface area contributed by atoms with Gasteiger partial charge in [0.2, 0.25) is 0 Å². The van der Waals surface area contributed by atoms with E-state index in [9.17, 15) is 0 Å². The molecule has 0 aliphatic carbocycles. The molecule has 1 N–H and O–H groups in total. The molecule has 0 aromatic heterocycles. The second-order valence-corrected chi connectivity index (χ2v) is 2.85. The lowest BCUT2D eigenvalue weighted by atomic mass is 10.0. The van der Waals surface area contributed by atoms with Gasteiger partial charge in [-0.25, -0.2) is 0 Å². The lowest BCUT2D eigenvalue weighted by molar-refractivity contribution is 0.306. The van der Waals surface area contributed by atoms with E-state index >= 15 is 0 Å². The van der Waals surface area contributed by atoms with Gasteiger partial charge in [-0.2, -0.15) is 0 Å². The van der Waals surface area contributed by atoms with Gasteiger partial charge in [-0.15, -0.1) is 0 Å². The highest BCUT2D eigenvalue weighted by Gasteiger charge is 2.08. The highest BCUT2D eigenvalue weighted by molar-refractivity contribution is 5.05. The summed E-state index contributed by atoms with van der Waals surface area (Å²) in [5.41, 5.74) is 1.42. The average molecular weight is 141 g/mol. The summed E-state index contributed by atoms with van der Waals surface area (Å²) in [6.07, 6.45) is 4.21. The van der Waals surface area contributed by atoms with Crippen LogP contribution in [0.15, 0.2) is 11.6 Å². The molecule has 10 heavy (non-hydrogen) atoms. The van der Waals surface area contributed by atoms with Crippen molar-refractivity contribution in [2.45, 2.75) is 12.8 Å². The van der Waals surface area contributed by atoms with Crippen molar-refractivity contribution in [1.82, 2.24) is 4.90 Å². The van der Waals surface area contributed by atoms with Gasteiger partial charge >= 0.3 is 0 Å². The number of aliphatic hydroxyl groups is 1. The zero-order valence-corrected chi connectivity index (χ0v) is 6.51. The van der Waals surface area contributed by atoms with Gasteiger partial charge in [-0.3, -0.25) is 0 Å². The SMILES string of the molecule is CN1CCC(=CCO)CC1. The van der Waals surface area contributed by atoms with Gasteiger partial charge in [0.1, 0.15) is 0 Å². The van der Waals surface area contributed by atoms with Crippen molar-refractivity contribution in [3.63, 3.8) is 0 Å². The zero-order valence-electron chi connectivity index (χ0n) is 6.51. The first-order valence-corrected chi connectivity index (χ1v) is 3.80. The van der Waals surface area contributed by atoms with Crippen LogP contribution in [-0.2, 0) is 0 Å². The van der Waals surface area contributed by atoms with E-state index in [1.807, 2.05) is 6.08 Å². The van der Waals surface area contributed by atoms with Crippen molar-refractivity contribution in [2.75, 3.05) is 26.7 Å². The highest BCUT2D eigenvalue weighted by Crippen LogP contribution is 2.13. The van der Waals surface area contributed by atoms with E-state index < -0.39 is 0 Å². The third kappa shape index (κ3) is 2.12. The molecule has 58 valence electrons. The minimum atomic E-state index is 0.207. The van der Waals surface area contributed by atoms with Gasteiger partial charge in [0, 0.05) is 13.1 Å². The van der Waals surface area contributed by atoms with Gasteiger partial charge in [-0.05, 0) is 19.9 Å². The fourth-order valence-corrected chi connectivity index (χ4v) is 1.24. The molecule has 0 saturated carbocycles. The molecule has 1 fully saturated rings. The van der Waals surface area contributed by atoms with Crippen LogP contribution in [0.1, 0.15) is 12.8 Å². The Morgan fingerprint density at radius 1 is 1.50 bits per heavy atom. The molecule has 0 aromatic rings. The summed E-state index contributed by atoms with van der Waals surface area (Å²) >= 11 is 0. The molecule has 0 radical (unpaired) electrons. The normalized spacial score (nSPS) is 21.2. The molecule has 0 unspecified atom stereocenters. The molecule has 0 aromatic carbocycles. The van der Waals surface area contributed by atoms with Crippen LogP contribution >= 0.6 is 0 Å². The molecule has 0 bridgehead atoms. The van der Waals surface area contributed by atoms with E-state index in [-0.39, 0.29) is 6.61 Å². The lowest BCUT2D eigenvalue weighted by Crippen LogP contribution is -2.26. The molecule has 0 amide bonds. The zero-order chi connectivity index (χ0) is 7.40. The first-order chi connectivity index (χ1) is 4.83. The lowest BCUT2D eigenvalue weighted by Gasteiger charge is -2.23. The number of rotatable bonds is 1. The first-order valence-electron chi connectivity index (χ1n) is 3.80. The maximum atomic E-state index is 8.59. The van der Waals surface area contributed by atoms with Gasteiger partial charge in [0.25, 0.3) is 0 Å². The Labute approximate surface area is 62.2 Å². The van der Waals surface area contributed by atoms with Crippen molar-refractivity contribution in [1.29, 1.82) is 0 Å². The predicted molar refractivity (Wildman–Crippen MR) is 41.9 cm³/mol. The second-order valence-electron chi connectivity index (χ2n) is 2.85. The standard InChI is InChI=1S/C8H15NO/c1-9-5-2-8(3-6-9)4-7-10/h4,10H,2-3,5-7H2,1H3. The van der Waals surface area contributed by atoms with E-state index in [0.717, 1.165) is 25.9 Å². The van der Waals surface area contributed by atoms with Gasteiger partial charge in [0.15, 0.2) is 0 Å². The number of aliphatic hydroxyl groups excluding tert-OH is 1. The Hall–Kier alpha value is -0.340. The maximum Gasteiger partial charge on any atom is 0.0615 e. The Morgan fingerprint density at radius 2 is 2.10 bits per heavy atom. The third-order valence-corrected chi connectivity index (χ3v) is 2.01. The van der Waals surface area contributed by atoms with Crippen LogP contribution in [0.25, 0.3) is 0 Å². The largest absolute Gasteiger partial charge is 0.392 e. The third-order valence-electron chi connectivity index (χ3n) is 2.01. The van der Waals surface area contributed by atoms with E-state index in [2.05, 4.69) is 11.9 Å². The summed E-state index contributed by atoms with van der Waals surface area (Å²) in [4.78, 5) is 2.31. The van der Waals surface area contributed by atoms with E-state index in [4.69, 9.17) is 5.11 Å². The topological polar surface area (TPSA) is 23.5 Å². The van der Waals surface area contributed by atoms with E-state index in [1.54, 1.807) is 0 Å². The fraction of sp³-hybridized carbons (Fsp3) is 0.750. The van der Waals surface area contributed by atoms with Crippen LogP contribution in [0, 0.1) is 0 Å². The quantitative estimate of drug-likeness (QED) is 0.541. The Bertz CT molecular complexity index is 121. The van der Waals surface area contributed by atoms with Gasteiger partial charge < -0.3 is 10.0 Å². The second kappa shape index (κ2) is 3.74. The molecule has 2 nitrogen and oxygen atoms in total. The smallest absolute Gasteiger partial charge is 0.0615 e. The van der Waals surface area contributed by atoms with E-state index in [1.165, 1.54) is 5.57 Å². The number of likely N-dealkylation sites (tertiary alicyclic amines) is 1. The molecule has 0 atom stereocenters. The molecule has 1 aliphatic heterocycles. The number of nitrogens with zero attached hydrogens (tertiary/aromatic N) is 1. The first kappa shape index (κ1) is 7.76. The summed E-state index contributed by atoms with van der Waals surface area (Å²) in [5, 5.41) is 8.59. The van der Waals surface area contributed by atoms with Gasteiger partial charge in [-0.1, -0.05) is 11.6 Å². The van der Waals surface area contributed by atoms with Gasteiger partial charge in [0.05, 0.1) is 6.61 Å². The number of hydrogen-bond acceptors (Lipinski definition) is 2. The van der Waals surface area contributed by atoms with Crippen LogP contribution in [0.2, 0.25) is 0 Å². The molecule has 1 aliphatic rings. The van der Waals surface area contributed by atoms with Crippen LogP contribution in [0.3, 0.4) is 0 Å². The van der Waals surface area contributed by atoms with Crippen molar-refractivity contribution in [3.05, 3.63) is 11.6 Å². The Balaban J connectivity index is 2.32. The van der Waals surface area contributed by atoms with Crippen molar-refractivity contribution < 1.29 is 5.11 Å². The monoisotopic (exact) mass is 141 g/mol. The summed E-state index contributed by atoms with van der Waals surface area (Å²) < 4.78 is 0. The van der Waals surface area contributed by atoms with Crippen molar-refractivity contribution in [3.8, 4) is 0 Å². The van der Waals surface area contributed by atoms with E-state index in [0.29, 0.717) is 0 Å². The van der Waals surface area contributed by atoms with Crippen LogP contribution < -0.4 is 0 Å². The van der Waals surface area contributed by atoms with Crippen LogP contribution in [-0.4, -0.2) is 36.8 Å². The van der Waals surface area contributed by atoms with Crippen LogP contribution in [0.5, 0.6) is 0 Å². The molecule has 2 heteroatoms. The Morgan fingerprint density at radius 3 is 2.60 bits per heavy atom. The molecule has 1 saturated heterocycles. The molecular formula is C8H15NO. The summed E-state index contributed by atoms with van der Waals surface area (Å²) in [6.45, 7) is 2.50. The molecule has 1 rings (SSSR count). The van der Waals surface area contributed by atoms with Crippen LogP contribution in [0.4, 0.5) is 0 Å². The van der Waals surface area contributed by atoms with Crippen molar-refractivity contribution >= 4 is 0 Å². The summed E-state index contributed by atoms with van der Waals surface area (Å²) in [7, 11) is 2.13. The minimum absolute atomic E-state index is 0.207. The summed E-state index contributed by atoms with van der Waals surface area (Å²) in [6, 6.07) is 0. The average Bonchev–Trinajstić information content (AvgIpc) is 1.95. The Kier molecular flexibility index (Phi) is 2.90. The maximum absolute atomic E-state index is 8.59. The number of piperidine rings is 1. The highest BCUT2D eigenvalue weighted by atomic mass is 16.2. The predicted octanol–water partition coefficient (Wildman–Crippen LogP) is 0.631. The molecular weight excluding hydrogens is 126 g/mol. The summed E-state index contributed by atoms with van der Waals surface area (Å²) in [5.74, 6) is 0. The number of hydrogen-bond donors (Lipinski definition) is 1. The fourth-order valence-electron chi connectivity index (χ4n) is 1.24.